The van der Waals surface area contributed by atoms with Crippen molar-refractivity contribution < 1.29 is 33.8 Å². The monoisotopic (exact) mass is 457 g/mol. The third-order valence-corrected chi connectivity index (χ3v) is 4.68. The molecule has 0 heterocycles. The van der Waals surface area contributed by atoms with Crippen LogP contribution in [0, 0.1) is 0 Å². The van der Waals surface area contributed by atoms with Gasteiger partial charge < -0.3 is 30.9 Å². The fourth-order valence-electron chi connectivity index (χ4n) is 3.00. The van der Waals surface area contributed by atoms with Crippen molar-refractivity contribution in [1.82, 2.24) is 10.6 Å². The molecule has 0 fully saturated rings. The molecule has 0 saturated heterocycles. The van der Waals surface area contributed by atoms with Gasteiger partial charge >= 0.3 is 12.1 Å². The molecule has 176 valence electrons. The molecule has 0 radical (unpaired) electrons. The van der Waals surface area contributed by atoms with Crippen molar-refractivity contribution in [2.75, 3.05) is 7.11 Å². The maximum Gasteiger partial charge on any atom is 0.408 e. The zero-order chi connectivity index (χ0) is 24.2. The minimum absolute atomic E-state index is 0.0464. The van der Waals surface area contributed by atoms with Gasteiger partial charge in [-0.3, -0.25) is 9.59 Å². The third-order valence-electron chi connectivity index (χ3n) is 4.68. The Kier molecular flexibility index (Phi) is 9.84. The van der Waals surface area contributed by atoms with E-state index in [1.807, 2.05) is 6.07 Å². The number of hydrogen-bond acceptors (Lipinski definition) is 7. The second-order valence-electron chi connectivity index (χ2n) is 7.20. The topological polar surface area (TPSA) is 157 Å². The molecule has 10 heteroatoms. The minimum Gasteiger partial charge on any atom is -0.467 e. The number of alkyl carbamates (subject to hydrolysis) is 1. The van der Waals surface area contributed by atoms with Gasteiger partial charge in [0.1, 0.15) is 12.6 Å². The van der Waals surface area contributed by atoms with Crippen LogP contribution < -0.4 is 16.4 Å². The Labute approximate surface area is 191 Å². The zero-order valence-electron chi connectivity index (χ0n) is 18.1. The van der Waals surface area contributed by atoms with Crippen LogP contribution in [0.4, 0.5) is 4.79 Å². The van der Waals surface area contributed by atoms with Crippen molar-refractivity contribution in [2.45, 2.75) is 37.6 Å². The average Bonchev–Trinajstić information content (AvgIpc) is 2.82. The van der Waals surface area contributed by atoms with Crippen LogP contribution in [0.5, 0.6) is 0 Å². The predicted molar refractivity (Wildman–Crippen MR) is 117 cm³/mol. The molecule has 5 N–H and O–H groups in total. The molecular weight excluding hydrogens is 430 g/mol. The maximum atomic E-state index is 12.9. The molecule has 10 nitrogen and oxygen atoms in total. The van der Waals surface area contributed by atoms with Gasteiger partial charge in [0, 0.05) is 0 Å². The Hall–Kier alpha value is -3.92. The molecule has 3 atom stereocenters. The van der Waals surface area contributed by atoms with Crippen molar-refractivity contribution in [3.05, 3.63) is 71.8 Å². The molecular formula is C23H27N3O7. The van der Waals surface area contributed by atoms with Crippen LogP contribution in [0.1, 0.15) is 17.5 Å². The number of primary amides is 1. The molecule has 0 aliphatic rings. The molecule has 0 aliphatic heterocycles. The van der Waals surface area contributed by atoms with Gasteiger partial charge in [0.05, 0.1) is 19.6 Å². The number of amides is 3. The van der Waals surface area contributed by atoms with Crippen molar-refractivity contribution in [3.8, 4) is 0 Å². The predicted octanol–water partition coefficient (Wildman–Crippen LogP) is 0.418. The summed E-state index contributed by atoms with van der Waals surface area (Å²) in [5, 5.41) is 15.1. The summed E-state index contributed by atoms with van der Waals surface area (Å²) < 4.78 is 9.66. The van der Waals surface area contributed by atoms with Crippen LogP contribution in [-0.2, 0) is 36.9 Å². The lowest BCUT2D eigenvalue weighted by Gasteiger charge is -2.25. The second kappa shape index (κ2) is 12.8. The Bertz CT molecular complexity index is 938. The summed E-state index contributed by atoms with van der Waals surface area (Å²) in [5.41, 5.74) is 6.68. The summed E-state index contributed by atoms with van der Waals surface area (Å²) in [6, 6.07) is 15.2. The molecule has 0 bridgehead atoms. The molecule has 3 amide bonds. The molecule has 0 aromatic heterocycles. The number of carbonyl (C=O) groups excluding carboxylic acids is 4. The van der Waals surface area contributed by atoms with Gasteiger partial charge in [0.2, 0.25) is 11.8 Å². The molecule has 0 spiro atoms. The average molecular weight is 457 g/mol. The zero-order valence-corrected chi connectivity index (χ0v) is 18.1. The van der Waals surface area contributed by atoms with Gasteiger partial charge in [0.25, 0.3) is 0 Å². The number of ether oxygens (including phenoxy) is 2. The minimum atomic E-state index is -1.68. The lowest BCUT2D eigenvalue weighted by Crippen LogP contribution is -2.55. The lowest BCUT2D eigenvalue weighted by atomic mass is 10.0. The van der Waals surface area contributed by atoms with Gasteiger partial charge in [-0.25, -0.2) is 9.59 Å². The number of carbonyl (C=O) groups is 4. The van der Waals surface area contributed by atoms with E-state index in [0.29, 0.717) is 0 Å². The largest absolute Gasteiger partial charge is 0.467 e. The summed E-state index contributed by atoms with van der Waals surface area (Å²) >= 11 is 0. The first-order valence-corrected chi connectivity index (χ1v) is 10.2. The Morgan fingerprint density at radius 3 is 2.06 bits per heavy atom. The van der Waals surface area contributed by atoms with Crippen molar-refractivity contribution >= 4 is 23.9 Å². The number of aliphatic hydroxyl groups is 1. The van der Waals surface area contributed by atoms with E-state index in [1.165, 1.54) is 0 Å². The third kappa shape index (κ3) is 8.62. The van der Waals surface area contributed by atoms with Crippen molar-refractivity contribution in [3.63, 3.8) is 0 Å². The highest BCUT2D eigenvalue weighted by Crippen LogP contribution is 2.09. The van der Waals surface area contributed by atoms with Crippen LogP contribution in [0.3, 0.4) is 0 Å². The van der Waals surface area contributed by atoms with Crippen LogP contribution in [0.15, 0.2) is 60.7 Å². The van der Waals surface area contributed by atoms with Crippen LogP contribution in [0.2, 0.25) is 0 Å². The normalized spacial score (nSPS) is 13.2. The van der Waals surface area contributed by atoms with E-state index in [9.17, 15) is 24.3 Å². The van der Waals surface area contributed by atoms with Crippen LogP contribution in [-0.4, -0.2) is 54.3 Å². The first-order chi connectivity index (χ1) is 15.8. The summed E-state index contributed by atoms with van der Waals surface area (Å²) in [6.07, 6.45) is -3.05. The van der Waals surface area contributed by atoms with E-state index in [-0.39, 0.29) is 13.0 Å². The van der Waals surface area contributed by atoms with E-state index in [4.69, 9.17) is 10.5 Å². The number of nitrogens with two attached hydrogens (primary N) is 1. The van der Waals surface area contributed by atoms with E-state index >= 15 is 0 Å². The number of nitrogens with one attached hydrogen (secondary N) is 2. The SMILES string of the molecule is COC(=O)[C@H](O)[C@H](Cc1ccccc1)NC(=O)[C@H](CC(N)=O)NC(=O)OCc1ccccc1. The fraction of sp³-hybridized carbons (Fsp3) is 0.304. The number of rotatable bonds is 11. The summed E-state index contributed by atoms with van der Waals surface area (Å²) in [7, 11) is 1.10. The van der Waals surface area contributed by atoms with Crippen LogP contribution in [0.25, 0.3) is 0 Å². The molecule has 33 heavy (non-hydrogen) atoms. The molecule has 2 aromatic carbocycles. The maximum absolute atomic E-state index is 12.9. The van der Waals surface area contributed by atoms with Crippen LogP contribution >= 0.6 is 0 Å². The molecule has 0 aliphatic carbocycles. The first kappa shape index (κ1) is 25.3. The molecule has 0 saturated carbocycles. The van der Waals surface area contributed by atoms with Gasteiger partial charge in [-0.05, 0) is 17.5 Å². The van der Waals surface area contributed by atoms with Crippen molar-refractivity contribution in [2.24, 2.45) is 5.73 Å². The van der Waals surface area contributed by atoms with Gasteiger partial charge in [0.15, 0.2) is 6.10 Å². The standard InChI is InChI=1S/C23H27N3O7/c1-32-22(30)20(28)17(12-15-8-4-2-5-9-15)25-21(29)18(13-19(24)27)26-23(31)33-14-16-10-6-3-7-11-16/h2-11,17-18,20,28H,12-14H2,1H3,(H2,24,27)(H,25,29)(H,26,31)/t17-,18-,20+/m0/s1. The number of methoxy groups -OCH3 is 1. The highest BCUT2D eigenvalue weighted by Gasteiger charge is 2.32. The van der Waals surface area contributed by atoms with E-state index in [2.05, 4.69) is 15.4 Å². The Morgan fingerprint density at radius 2 is 1.52 bits per heavy atom. The summed E-state index contributed by atoms with van der Waals surface area (Å²) in [4.78, 5) is 48.4. The van der Waals surface area contributed by atoms with E-state index in [1.54, 1.807) is 54.6 Å². The van der Waals surface area contributed by atoms with Gasteiger partial charge in [-0.1, -0.05) is 60.7 Å². The molecule has 0 unspecified atom stereocenters. The first-order valence-electron chi connectivity index (χ1n) is 10.2. The van der Waals surface area contributed by atoms with Crippen molar-refractivity contribution in [1.29, 1.82) is 0 Å². The lowest BCUT2D eigenvalue weighted by molar-refractivity contribution is -0.152. The smallest absolute Gasteiger partial charge is 0.408 e. The number of benzene rings is 2. The number of hydrogen-bond donors (Lipinski definition) is 4. The second-order valence-corrected chi connectivity index (χ2v) is 7.20. The van der Waals surface area contributed by atoms with E-state index in [0.717, 1.165) is 18.2 Å². The Morgan fingerprint density at radius 1 is 0.939 bits per heavy atom. The van der Waals surface area contributed by atoms with Gasteiger partial charge in [-0.2, -0.15) is 0 Å². The van der Waals surface area contributed by atoms with Gasteiger partial charge in [-0.15, -0.1) is 0 Å². The van der Waals surface area contributed by atoms with E-state index < -0.39 is 48.5 Å². The fourth-order valence-corrected chi connectivity index (χ4v) is 3.00. The highest BCUT2D eigenvalue weighted by atomic mass is 16.5. The molecule has 2 rings (SSSR count). The summed E-state index contributed by atoms with van der Waals surface area (Å²) in [6.45, 7) is -0.0464. The molecule has 2 aromatic rings. The number of esters is 1. The number of aliphatic hydroxyl groups excluding tert-OH is 1. The quantitative estimate of drug-likeness (QED) is 0.356. The highest BCUT2D eigenvalue weighted by molar-refractivity contribution is 5.91. The summed E-state index contributed by atoms with van der Waals surface area (Å²) in [5.74, 6) is -2.61. The Balaban J connectivity index is 2.09.